The molecule has 0 radical (unpaired) electrons. The van der Waals surface area contributed by atoms with Gasteiger partial charge in [-0.25, -0.2) is 0 Å². The normalized spacial score (nSPS) is 27.8. The number of morpholine rings is 1. The molecule has 3 aliphatic heterocycles. The summed E-state index contributed by atoms with van der Waals surface area (Å²) >= 11 is 0. The SMILES string of the molecule is CC1CN(C(=O)C(=C2C(=O)Nc3ccccc32)c2ccc[nH]2)CC(C)C1N1CCOCC1. The van der Waals surface area contributed by atoms with Gasteiger partial charge in [-0.2, -0.15) is 0 Å². The molecular formula is C25H30N4O3. The van der Waals surface area contributed by atoms with Crippen molar-refractivity contribution in [2.75, 3.05) is 44.7 Å². The number of anilines is 1. The second kappa shape index (κ2) is 8.56. The van der Waals surface area contributed by atoms with Gasteiger partial charge in [0.05, 0.1) is 30.1 Å². The predicted octanol–water partition coefficient (Wildman–Crippen LogP) is 2.69. The second-order valence-electron chi connectivity index (χ2n) is 9.14. The van der Waals surface area contributed by atoms with Crippen molar-refractivity contribution < 1.29 is 14.3 Å². The molecule has 0 bridgehead atoms. The zero-order chi connectivity index (χ0) is 22.2. The standard InChI is InChI=1S/C25H30N4O3/c1-16-14-29(15-17(2)23(16)28-10-12-32-13-11-28)25(31)22(20-8-5-9-26-20)21-18-6-3-4-7-19(18)27-24(21)30/h3-9,16-17,23,26H,10-15H2,1-2H3,(H,27,30). The number of amides is 2. The number of carbonyl (C=O) groups excluding carboxylic acids is 2. The van der Waals surface area contributed by atoms with Crippen LogP contribution in [0.2, 0.25) is 0 Å². The number of aromatic amines is 1. The van der Waals surface area contributed by atoms with Gasteiger partial charge < -0.3 is 19.9 Å². The van der Waals surface area contributed by atoms with Crippen LogP contribution >= 0.6 is 0 Å². The molecule has 7 nitrogen and oxygen atoms in total. The average molecular weight is 435 g/mol. The van der Waals surface area contributed by atoms with Gasteiger partial charge in [-0.05, 0) is 30.0 Å². The van der Waals surface area contributed by atoms with Gasteiger partial charge in [0.1, 0.15) is 0 Å². The lowest BCUT2D eigenvalue weighted by Gasteiger charge is -2.47. The van der Waals surface area contributed by atoms with E-state index in [1.54, 1.807) is 6.20 Å². The number of aromatic nitrogens is 1. The van der Waals surface area contributed by atoms with Crippen molar-refractivity contribution in [3.8, 4) is 0 Å². The molecule has 32 heavy (non-hydrogen) atoms. The maximum atomic E-state index is 13.9. The first-order valence-electron chi connectivity index (χ1n) is 11.4. The number of H-pyrrole nitrogens is 1. The fourth-order valence-corrected chi connectivity index (χ4v) is 5.67. The minimum atomic E-state index is -0.228. The van der Waals surface area contributed by atoms with Gasteiger partial charge in [0, 0.05) is 49.7 Å². The Morgan fingerprint density at radius 1 is 1.03 bits per heavy atom. The molecule has 1 aromatic heterocycles. The third-order valence-corrected chi connectivity index (χ3v) is 6.94. The van der Waals surface area contributed by atoms with Crippen LogP contribution in [0, 0.1) is 11.8 Å². The number of benzene rings is 1. The van der Waals surface area contributed by atoms with E-state index in [1.807, 2.05) is 41.3 Å². The largest absolute Gasteiger partial charge is 0.379 e. The first kappa shape index (κ1) is 21.0. The Morgan fingerprint density at radius 2 is 1.75 bits per heavy atom. The number of hydrogen-bond donors (Lipinski definition) is 2. The summed E-state index contributed by atoms with van der Waals surface area (Å²) in [7, 11) is 0. The number of piperidine rings is 1. The molecule has 1 aromatic carbocycles. The minimum absolute atomic E-state index is 0.0894. The Balaban J connectivity index is 1.48. The van der Waals surface area contributed by atoms with Crippen LogP contribution < -0.4 is 5.32 Å². The van der Waals surface area contributed by atoms with E-state index >= 15 is 0 Å². The second-order valence-corrected chi connectivity index (χ2v) is 9.14. The Morgan fingerprint density at radius 3 is 2.44 bits per heavy atom. The number of ether oxygens (including phenoxy) is 1. The lowest BCUT2D eigenvalue weighted by Crippen LogP contribution is -2.58. The zero-order valence-electron chi connectivity index (χ0n) is 18.6. The van der Waals surface area contributed by atoms with Crippen LogP contribution in [0.15, 0.2) is 42.6 Å². The monoisotopic (exact) mass is 434 g/mol. The van der Waals surface area contributed by atoms with E-state index in [2.05, 4.69) is 29.0 Å². The molecular weight excluding hydrogens is 404 g/mol. The molecule has 2 atom stereocenters. The molecule has 0 aliphatic carbocycles. The summed E-state index contributed by atoms with van der Waals surface area (Å²) in [6.07, 6.45) is 1.79. The van der Waals surface area contributed by atoms with Crippen molar-refractivity contribution in [2.45, 2.75) is 19.9 Å². The highest BCUT2D eigenvalue weighted by atomic mass is 16.5. The van der Waals surface area contributed by atoms with Crippen LogP contribution in [0.25, 0.3) is 11.1 Å². The molecule has 2 unspecified atom stereocenters. The molecule has 0 saturated carbocycles. The van der Waals surface area contributed by atoms with E-state index in [4.69, 9.17) is 4.74 Å². The minimum Gasteiger partial charge on any atom is -0.379 e. The van der Waals surface area contributed by atoms with Gasteiger partial charge in [-0.3, -0.25) is 14.5 Å². The number of likely N-dealkylation sites (tertiary alicyclic amines) is 1. The predicted molar refractivity (Wildman–Crippen MR) is 124 cm³/mol. The Bertz CT molecular complexity index is 1030. The van der Waals surface area contributed by atoms with E-state index in [9.17, 15) is 9.59 Å². The van der Waals surface area contributed by atoms with Crippen molar-refractivity contribution >= 4 is 28.6 Å². The van der Waals surface area contributed by atoms with E-state index < -0.39 is 0 Å². The van der Waals surface area contributed by atoms with E-state index in [-0.39, 0.29) is 11.8 Å². The highest BCUT2D eigenvalue weighted by Gasteiger charge is 2.40. The molecule has 5 rings (SSSR count). The quantitative estimate of drug-likeness (QED) is 0.729. The third kappa shape index (κ3) is 3.65. The molecule has 2 saturated heterocycles. The first-order valence-corrected chi connectivity index (χ1v) is 11.4. The zero-order valence-corrected chi connectivity index (χ0v) is 18.6. The molecule has 2 aromatic rings. The van der Waals surface area contributed by atoms with Crippen LogP contribution in [0.4, 0.5) is 5.69 Å². The maximum absolute atomic E-state index is 13.9. The van der Waals surface area contributed by atoms with E-state index in [1.165, 1.54) is 0 Å². The Hall–Kier alpha value is -2.90. The van der Waals surface area contributed by atoms with Gasteiger partial charge in [-0.15, -0.1) is 0 Å². The fraction of sp³-hybridized carbons (Fsp3) is 0.440. The van der Waals surface area contributed by atoms with E-state index in [0.29, 0.717) is 47.8 Å². The molecule has 168 valence electrons. The van der Waals surface area contributed by atoms with Crippen molar-refractivity contribution in [1.29, 1.82) is 0 Å². The number of carbonyl (C=O) groups is 2. The van der Waals surface area contributed by atoms with Gasteiger partial charge >= 0.3 is 0 Å². The number of hydrogen-bond acceptors (Lipinski definition) is 4. The smallest absolute Gasteiger partial charge is 0.257 e. The fourth-order valence-electron chi connectivity index (χ4n) is 5.67. The van der Waals surface area contributed by atoms with Crippen LogP contribution in [-0.4, -0.2) is 72.0 Å². The molecule has 2 amide bonds. The summed E-state index contributed by atoms with van der Waals surface area (Å²) < 4.78 is 5.54. The van der Waals surface area contributed by atoms with Gasteiger partial charge in [0.2, 0.25) is 0 Å². The number of para-hydroxylation sites is 1. The lowest BCUT2D eigenvalue weighted by atomic mass is 9.83. The molecule has 3 aliphatic rings. The van der Waals surface area contributed by atoms with Crippen molar-refractivity contribution in [3.05, 3.63) is 53.9 Å². The summed E-state index contributed by atoms with van der Waals surface area (Å²) in [6.45, 7) is 9.25. The average Bonchev–Trinajstić information content (AvgIpc) is 3.43. The summed E-state index contributed by atoms with van der Waals surface area (Å²) in [4.78, 5) is 34.5. The van der Waals surface area contributed by atoms with Crippen molar-refractivity contribution in [2.24, 2.45) is 11.8 Å². The number of nitrogens with zero attached hydrogens (tertiary/aromatic N) is 2. The summed E-state index contributed by atoms with van der Waals surface area (Å²) in [6, 6.07) is 11.7. The highest BCUT2D eigenvalue weighted by molar-refractivity contribution is 6.45. The number of rotatable bonds is 3. The molecule has 7 heteroatoms. The molecule has 4 heterocycles. The summed E-state index contributed by atoms with van der Waals surface area (Å²) in [5.74, 6) is 0.350. The molecule has 2 fully saturated rings. The first-order chi connectivity index (χ1) is 15.5. The maximum Gasteiger partial charge on any atom is 0.257 e. The van der Waals surface area contributed by atoms with Gasteiger partial charge in [0.25, 0.3) is 11.8 Å². The number of nitrogens with one attached hydrogen (secondary N) is 2. The molecule has 2 N–H and O–H groups in total. The Kier molecular flexibility index (Phi) is 5.61. The third-order valence-electron chi connectivity index (χ3n) is 6.94. The van der Waals surface area contributed by atoms with Crippen molar-refractivity contribution in [3.63, 3.8) is 0 Å². The van der Waals surface area contributed by atoms with Crippen LogP contribution in [0.3, 0.4) is 0 Å². The Labute approximate surface area is 188 Å². The highest BCUT2D eigenvalue weighted by Crippen LogP contribution is 2.38. The van der Waals surface area contributed by atoms with Gasteiger partial charge in [0.15, 0.2) is 0 Å². The number of fused-ring (bicyclic) bond motifs is 1. The van der Waals surface area contributed by atoms with Crippen LogP contribution in [0.5, 0.6) is 0 Å². The lowest BCUT2D eigenvalue weighted by molar-refractivity contribution is -0.130. The summed E-state index contributed by atoms with van der Waals surface area (Å²) in [5.41, 5.74) is 3.09. The van der Waals surface area contributed by atoms with Gasteiger partial charge in [-0.1, -0.05) is 32.0 Å². The topological polar surface area (TPSA) is 77.7 Å². The van der Waals surface area contributed by atoms with Crippen molar-refractivity contribution in [1.82, 2.24) is 14.8 Å². The summed E-state index contributed by atoms with van der Waals surface area (Å²) in [5, 5.41) is 2.92. The van der Waals surface area contributed by atoms with E-state index in [0.717, 1.165) is 37.6 Å². The van der Waals surface area contributed by atoms with Crippen LogP contribution in [0.1, 0.15) is 25.1 Å². The molecule has 0 spiro atoms. The van der Waals surface area contributed by atoms with Crippen LogP contribution in [-0.2, 0) is 14.3 Å².